The molecule has 6 nitrogen and oxygen atoms in total. The Morgan fingerprint density at radius 2 is 2.04 bits per heavy atom. The lowest BCUT2D eigenvalue weighted by molar-refractivity contribution is -0.132. The van der Waals surface area contributed by atoms with Crippen LogP contribution in [0.2, 0.25) is 0 Å². The Morgan fingerprint density at radius 3 is 2.54 bits per heavy atom. The molecule has 1 saturated heterocycles. The second-order valence-corrected chi connectivity index (χ2v) is 7.67. The summed E-state index contributed by atoms with van der Waals surface area (Å²) in [5.41, 5.74) is -1.75. The molecule has 1 aliphatic rings. The summed E-state index contributed by atoms with van der Waals surface area (Å²) < 4.78 is 5.43. The molecule has 1 fully saturated rings. The maximum absolute atomic E-state index is 12.8. The molecule has 1 rings (SSSR count). The van der Waals surface area contributed by atoms with Crippen molar-refractivity contribution in [3.8, 4) is 12.3 Å². The maximum Gasteiger partial charge on any atom is 0.411 e. The number of ether oxygens (including phenoxy) is 1. The van der Waals surface area contributed by atoms with E-state index in [4.69, 9.17) is 11.2 Å². The first-order chi connectivity index (χ1) is 11.0. The molecule has 0 saturated carbocycles. The van der Waals surface area contributed by atoms with E-state index in [1.807, 2.05) is 13.8 Å². The summed E-state index contributed by atoms with van der Waals surface area (Å²) in [5, 5.41) is 12.6. The van der Waals surface area contributed by atoms with E-state index >= 15 is 0 Å². The second-order valence-electron chi connectivity index (χ2n) is 7.67. The van der Waals surface area contributed by atoms with E-state index in [2.05, 4.69) is 11.2 Å². The summed E-state index contributed by atoms with van der Waals surface area (Å²) in [6.45, 7) is 9.64. The molecule has 2 amide bonds. The van der Waals surface area contributed by atoms with Crippen LogP contribution in [0.5, 0.6) is 0 Å². The summed E-state index contributed by atoms with van der Waals surface area (Å²) in [7, 11) is 0. The first-order valence-electron chi connectivity index (χ1n) is 8.44. The van der Waals surface area contributed by atoms with Crippen LogP contribution in [-0.4, -0.2) is 52.3 Å². The Labute approximate surface area is 144 Å². The SMILES string of the molecule is C#CC[C@]1(C(=O)NC[C@@H](O)C(C)C)CCCN1C(=O)OC(C)(C)C. The second kappa shape index (κ2) is 7.89. The number of carbonyl (C=O) groups excluding carboxylic acids is 2. The molecule has 0 bridgehead atoms. The number of hydrogen-bond donors (Lipinski definition) is 2. The topological polar surface area (TPSA) is 78.9 Å². The van der Waals surface area contributed by atoms with Gasteiger partial charge in [-0.3, -0.25) is 9.69 Å². The average molecular weight is 338 g/mol. The lowest BCUT2D eigenvalue weighted by Gasteiger charge is -2.37. The van der Waals surface area contributed by atoms with Crippen molar-refractivity contribution in [2.45, 2.75) is 71.1 Å². The normalized spacial score (nSPS) is 22.2. The van der Waals surface area contributed by atoms with E-state index in [0.29, 0.717) is 19.4 Å². The van der Waals surface area contributed by atoms with Crippen LogP contribution < -0.4 is 5.32 Å². The van der Waals surface area contributed by atoms with E-state index < -0.39 is 23.3 Å². The summed E-state index contributed by atoms with van der Waals surface area (Å²) in [6, 6.07) is 0. The zero-order valence-electron chi connectivity index (χ0n) is 15.4. The first-order valence-corrected chi connectivity index (χ1v) is 8.44. The van der Waals surface area contributed by atoms with Crippen LogP contribution in [0.25, 0.3) is 0 Å². The lowest BCUT2D eigenvalue weighted by atomic mass is 9.91. The van der Waals surface area contributed by atoms with Gasteiger partial charge in [-0.25, -0.2) is 4.79 Å². The largest absolute Gasteiger partial charge is 0.444 e. The van der Waals surface area contributed by atoms with Crippen molar-refractivity contribution in [3.63, 3.8) is 0 Å². The van der Waals surface area contributed by atoms with Crippen molar-refractivity contribution in [1.82, 2.24) is 10.2 Å². The number of likely N-dealkylation sites (tertiary alicyclic amines) is 1. The molecular formula is C18H30N2O4. The Hall–Kier alpha value is -1.74. The Balaban J connectivity index is 2.94. The molecule has 2 atom stereocenters. The zero-order chi connectivity index (χ0) is 18.5. The fourth-order valence-electron chi connectivity index (χ4n) is 2.73. The Bertz CT molecular complexity index is 504. The van der Waals surface area contributed by atoms with Gasteiger partial charge >= 0.3 is 6.09 Å². The standard InChI is InChI=1S/C18H30N2O4/c1-7-9-18(15(22)19-12-14(21)13(2)3)10-8-11-20(18)16(23)24-17(4,5)6/h1,13-14,21H,8-12H2,2-6H3,(H,19,22)/t14-,18-/m1/s1. The molecule has 0 radical (unpaired) electrons. The third kappa shape index (κ3) is 4.88. The monoisotopic (exact) mass is 338 g/mol. The van der Waals surface area contributed by atoms with Crippen LogP contribution in [0.3, 0.4) is 0 Å². The van der Waals surface area contributed by atoms with Gasteiger partial charge < -0.3 is 15.2 Å². The number of nitrogens with one attached hydrogen (secondary N) is 1. The smallest absolute Gasteiger partial charge is 0.411 e. The molecule has 0 aromatic rings. The van der Waals surface area contributed by atoms with E-state index in [1.165, 1.54) is 4.90 Å². The van der Waals surface area contributed by atoms with Crippen LogP contribution in [0, 0.1) is 18.3 Å². The summed E-state index contributed by atoms with van der Waals surface area (Å²) in [4.78, 5) is 26.7. The van der Waals surface area contributed by atoms with Crippen LogP contribution in [-0.2, 0) is 9.53 Å². The van der Waals surface area contributed by atoms with Crippen molar-refractivity contribution in [3.05, 3.63) is 0 Å². The van der Waals surface area contributed by atoms with Gasteiger partial charge in [0.25, 0.3) is 0 Å². The van der Waals surface area contributed by atoms with Crippen molar-refractivity contribution in [2.24, 2.45) is 5.92 Å². The third-order valence-corrected chi connectivity index (χ3v) is 4.16. The fourth-order valence-corrected chi connectivity index (χ4v) is 2.73. The number of nitrogens with zero attached hydrogens (tertiary/aromatic N) is 1. The van der Waals surface area contributed by atoms with Crippen LogP contribution >= 0.6 is 0 Å². The minimum Gasteiger partial charge on any atom is -0.444 e. The van der Waals surface area contributed by atoms with Gasteiger partial charge in [0.15, 0.2) is 0 Å². The highest BCUT2D eigenvalue weighted by atomic mass is 16.6. The Kier molecular flexibility index (Phi) is 6.67. The van der Waals surface area contributed by atoms with Gasteiger partial charge in [-0.05, 0) is 39.5 Å². The predicted molar refractivity (Wildman–Crippen MR) is 92.2 cm³/mol. The molecule has 2 N–H and O–H groups in total. The highest BCUT2D eigenvalue weighted by molar-refractivity contribution is 5.91. The van der Waals surface area contributed by atoms with E-state index in [9.17, 15) is 14.7 Å². The molecule has 136 valence electrons. The summed E-state index contributed by atoms with van der Waals surface area (Å²) in [5.74, 6) is 2.21. The minimum absolute atomic E-state index is 0.0272. The van der Waals surface area contributed by atoms with Gasteiger partial charge in [0.05, 0.1) is 6.10 Å². The van der Waals surface area contributed by atoms with E-state index in [0.717, 1.165) is 0 Å². The minimum atomic E-state index is -1.10. The highest BCUT2D eigenvalue weighted by Gasteiger charge is 2.50. The third-order valence-electron chi connectivity index (χ3n) is 4.16. The fraction of sp³-hybridized carbons (Fsp3) is 0.778. The van der Waals surface area contributed by atoms with Gasteiger partial charge in [-0.2, -0.15) is 0 Å². The van der Waals surface area contributed by atoms with Crippen LogP contribution in [0.1, 0.15) is 53.9 Å². The summed E-state index contributed by atoms with van der Waals surface area (Å²) >= 11 is 0. The predicted octanol–water partition coefficient (Wildman–Crippen LogP) is 1.91. The molecule has 1 heterocycles. The van der Waals surface area contributed by atoms with Crippen molar-refractivity contribution in [1.29, 1.82) is 0 Å². The van der Waals surface area contributed by atoms with E-state index in [-0.39, 0.29) is 24.8 Å². The van der Waals surface area contributed by atoms with Gasteiger partial charge in [0, 0.05) is 19.5 Å². The molecule has 0 aromatic carbocycles. The number of aliphatic hydroxyl groups is 1. The van der Waals surface area contributed by atoms with Crippen LogP contribution in [0.4, 0.5) is 4.79 Å². The van der Waals surface area contributed by atoms with E-state index in [1.54, 1.807) is 20.8 Å². The number of carbonyl (C=O) groups is 2. The highest BCUT2D eigenvalue weighted by Crippen LogP contribution is 2.34. The van der Waals surface area contributed by atoms with Crippen LogP contribution in [0.15, 0.2) is 0 Å². The van der Waals surface area contributed by atoms with Gasteiger partial charge in [-0.1, -0.05) is 13.8 Å². The number of aliphatic hydroxyl groups excluding tert-OH is 1. The molecule has 24 heavy (non-hydrogen) atoms. The average Bonchev–Trinajstić information content (AvgIpc) is 2.87. The first kappa shape index (κ1) is 20.3. The molecule has 6 heteroatoms. The van der Waals surface area contributed by atoms with Gasteiger partial charge in [0.2, 0.25) is 5.91 Å². The van der Waals surface area contributed by atoms with Gasteiger partial charge in [0.1, 0.15) is 11.1 Å². The molecule has 0 unspecified atom stereocenters. The van der Waals surface area contributed by atoms with Crippen molar-refractivity contribution < 1.29 is 19.4 Å². The van der Waals surface area contributed by atoms with Gasteiger partial charge in [-0.15, -0.1) is 12.3 Å². The Morgan fingerprint density at radius 1 is 1.42 bits per heavy atom. The quantitative estimate of drug-likeness (QED) is 0.751. The molecular weight excluding hydrogens is 308 g/mol. The number of rotatable bonds is 5. The lowest BCUT2D eigenvalue weighted by Crippen LogP contribution is -2.58. The summed E-state index contributed by atoms with van der Waals surface area (Å²) in [6.07, 6.45) is 5.58. The number of amides is 2. The molecule has 0 aliphatic carbocycles. The maximum atomic E-state index is 12.8. The molecule has 1 aliphatic heterocycles. The van der Waals surface area contributed by atoms with Crippen molar-refractivity contribution in [2.75, 3.05) is 13.1 Å². The zero-order valence-corrected chi connectivity index (χ0v) is 15.4. The number of terminal acetylenes is 1. The molecule has 0 aromatic heterocycles. The number of hydrogen-bond acceptors (Lipinski definition) is 4. The van der Waals surface area contributed by atoms with Crippen molar-refractivity contribution >= 4 is 12.0 Å². The molecule has 0 spiro atoms.